The number of rotatable bonds is 26. The van der Waals surface area contributed by atoms with Gasteiger partial charge in [-0.05, 0) is 58.3 Å². The van der Waals surface area contributed by atoms with E-state index in [1.165, 1.54) is 0 Å². The summed E-state index contributed by atoms with van der Waals surface area (Å²) < 4.78 is 0. The lowest BCUT2D eigenvalue weighted by atomic mass is 9.93. The molecule has 0 fully saturated rings. The topological polar surface area (TPSA) is 143 Å². The fraction of sp³-hybridized carbons (Fsp3) is 0.688. The fourth-order valence-corrected chi connectivity index (χ4v) is 4.64. The number of likely N-dealkylation sites (N-methyl/N-ethyl adjacent to an activating group) is 1. The predicted molar refractivity (Wildman–Crippen MR) is 170 cm³/mol. The van der Waals surface area contributed by atoms with Gasteiger partial charge in [0.2, 0.25) is 23.5 Å². The molecule has 0 bridgehead atoms. The zero-order valence-corrected chi connectivity index (χ0v) is 26.8. The standard InChI is InChI=1S/C32H56N6O5/c1-25(2)38(43)24-16-10-13-21-34-27(39)17-11-7-6-8-12-20-35-28(40)18-19-29(41)37(5)23-15-9-14-22-36-31-30(33-4)26(3)32(31)42/h33,36,43H,1,3,6-24H2,2,4-5H3,(H,34,39)(H,35,40). The molecule has 0 saturated heterocycles. The Morgan fingerprint density at radius 2 is 1.28 bits per heavy atom. The molecule has 11 heteroatoms. The first-order chi connectivity index (χ1) is 20.6. The number of ketones is 1. The van der Waals surface area contributed by atoms with Crippen molar-refractivity contribution >= 4 is 23.5 Å². The van der Waals surface area contributed by atoms with Gasteiger partial charge in [0, 0.05) is 77.4 Å². The molecule has 0 spiro atoms. The minimum Gasteiger partial charge on any atom is -0.386 e. The second kappa shape index (κ2) is 22.2. The maximum Gasteiger partial charge on any atom is 0.222 e. The molecular formula is C32H56N6O5. The van der Waals surface area contributed by atoms with Gasteiger partial charge in [-0.2, -0.15) is 0 Å². The van der Waals surface area contributed by atoms with E-state index in [0.717, 1.165) is 81.4 Å². The van der Waals surface area contributed by atoms with Gasteiger partial charge >= 0.3 is 0 Å². The van der Waals surface area contributed by atoms with Crippen molar-refractivity contribution in [3.05, 3.63) is 35.8 Å². The van der Waals surface area contributed by atoms with Crippen molar-refractivity contribution in [1.82, 2.24) is 31.2 Å². The van der Waals surface area contributed by atoms with E-state index < -0.39 is 0 Å². The lowest BCUT2D eigenvalue weighted by Gasteiger charge is -2.25. The number of hydroxylamine groups is 2. The van der Waals surface area contributed by atoms with Gasteiger partial charge in [-0.25, -0.2) is 0 Å². The van der Waals surface area contributed by atoms with Crippen LogP contribution in [-0.2, 0) is 19.2 Å². The Morgan fingerprint density at radius 3 is 1.91 bits per heavy atom. The first-order valence-corrected chi connectivity index (χ1v) is 15.9. The van der Waals surface area contributed by atoms with Crippen LogP contribution in [0.2, 0.25) is 0 Å². The van der Waals surface area contributed by atoms with Crippen LogP contribution in [0.1, 0.15) is 96.8 Å². The highest BCUT2D eigenvalue weighted by molar-refractivity contribution is 6.18. The third-order valence-electron chi connectivity index (χ3n) is 7.48. The second-order valence-corrected chi connectivity index (χ2v) is 11.2. The Bertz CT molecular complexity index is 964. The Labute approximate surface area is 258 Å². The van der Waals surface area contributed by atoms with Crippen molar-refractivity contribution in [2.75, 3.05) is 46.8 Å². The van der Waals surface area contributed by atoms with E-state index >= 15 is 0 Å². The van der Waals surface area contributed by atoms with Gasteiger partial charge in [-0.3, -0.25) is 29.4 Å². The van der Waals surface area contributed by atoms with Crippen LogP contribution in [0, 0.1) is 0 Å². The van der Waals surface area contributed by atoms with Crippen LogP contribution >= 0.6 is 0 Å². The van der Waals surface area contributed by atoms with Crippen LogP contribution in [-0.4, -0.2) is 85.5 Å². The minimum absolute atomic E-state index is 0.0312. The van der Waals surface area contributed by atoms with E-state index in [1.807, 2.05) is 0 Å². The molecule has 1 aliphatic rings. The van der Waals surface area contributed by atoms with Crippen molar-refractivity contribution in [2.45, 2.75) is 96.8 Å². The molecule has 0 radical (unpaired) electrons. The summed E-state index contributed by atoms with van der Waals surface area (Å²) in [4.78, 5) is 49.8. The lowest BCUT2D eigenvalue weighted by Crippen LogP contribution is -2.37. The molecule has 244 valence electrons. The number of unbranched alkanes of at least 4 members (excludes halogenated alkanes) is 8. The molecule has 0 aliphatic heterocycles. The summed E-state index contributed by atoms with van der Waals surface area (Å²) in [5.41, 5.74) is 2.53. The lowest BCUT2D eigenvalue weighted by molar-refractivity contribution is -0.132. The van der Waals surface area contributed by atoms with Crippen LogP contribution in [0.25, 0.3) is 0 Å². The zero-order valence-electron chi connectivity index (χ0n) is 26.8. The molecule has 0 heterocycles. The number of allylic oxidation sites excluding steroid dienone is 3. The molecule has 0 unspecified atom stereocenters. The molecule has 5 N–H and O–H groups in total. The Kier molecular flexibility index (Phi) is 19.5. The van der Waals surface area contributed by atoms with E-state index in [1.54, 1.807) is 25.9 Å². The number of carbonyl (C=O) groups is 4. The third kappa shape index (κ3) is 16.2. The van der Waals surface area contributed by atoms with Gasteiger partial charge in [0.25, 0.3) is 0 Å². The van der Waals surface area contributed by atoms with Crippen LogP contribution in [0.5, 0.6) is 0 Å². The maximum atomic E-state index is 12.3. The van der Waals surface area contributed by atoms with Crippen molar-refractivity contribution < 1.29 is 24.4 Å². The van der Waals surface area contributed by atoms with Crippen molar-refractivity contribution in [3.8, 4) is 0 Å². The summed E-state index contributed by atoms with van der Waals surface area (Å²) in [6.07, 6.45) is 11.0. The molecule has 1 aliphatic carbocycles. The van der Waals surface area contributed by atoms with E-state index in [9.17, 15) is 24.4 Å². The highest BCUT2D eigenvalue weighted by Crippen LogP contribution is 2.24. The molecule has 0 saturated carbocycles. The van der Waals surface area contributed by atoms with Gasteiger partial charge in [-0.15, -0.1) is 0 Å². The smallest absolute Gasteiger partial charge is 0.222 e. The second-order valence-electron chi connectivity index (χ2n) is 11.2. The third-order valence-corrected chi connectivity index (χ3v) is 7.48. The summed E-state index contributed by atoms with van der Waals surface area (Å²) in [7, 11) is 3.54. The van der Waals surface area contributed by atoms with E-state index in [-0.39, 0.29) is 36.3 Å². The number of hydrogen-bond donors (Lipinski definition) is 5. The van der Waals surface area contributed by atoms with Crippen molar-refractivity contribution in [3.63, 3.8) is 0 Å². The number of hydrogen-bond acceptors (Lipinski definition) is 8. The quantitative estimate of drug-likeness (QED) is 0.0574. The maximum absolute atomic E-state index is 12.3. The van der Waals surface area contributed by atoms with Gasteiger partial charge in [-0.1, -0.05) is 32.4 Å². The predicted octanol–water partition coefficient (Wildman–Crippen LogP) is 3.52. The summed E-state index contributed by atoms with van der Waals surface area (Å²) in [6, 6.07) is 0. The Hall–Kier alpha value is -3.34. The van der Waals surface area contributed by atoms with Gasteiger partial charge in [0.05, 0.1) is 5.70 Å². The van der Waals surface area contributed by atoms with E-state index in [0.29, 0.717) is 56.1 Å². The molecule has 0 atom stereocenters. The zero-order chi connectivity index (χ0) is 32.0. The van der Waals surface area contributed by atoms with E-state index in [2.05, 4.69) is 34.4 Å². The summed E-state index contributed by atoms with van der Waals surface area (Å²) >= 11 is 0. The number of nitrogens with zero attached hydrogens (tertiary/aromatic N) is 2. The van der Waals surface area contributed by atoms with E-state index in [4.69, 9.17) is 0 Å². The molecule has 0 aromatic carbocycles. The highest BCUT2D eigenvalue weighted by atomic mass is 16.5. The van der Waals surface area contributed by atoms with Crippen molar-refractivity contribution in [2.24, 2.45) is 0 Å². The molecular weight excluding hydrogens is 548 g/mol. The normalized spacial score (nSPS) is 12.5. The first-order valence-electron chi connectivity index (χ1n) is 15.9. The van der Waals surface area contributed by atoms with Crippen LogP contribution in [0.15, 0.2) is 35.8 Å². The highest BCUT2D eigenvalue weighted by Gasteiger charge is 2.30. The van der Waals surface area contributed by atoms with Crippen LogP contribution < -0.4 is 21.3 Å². The Morgan fingerprint density at radius 1 is 0.744 bits per heavy atom. The van der Waals surface area contributed by atoms with Gasteiger partial charge in [0.1, 0.15) is 5.70 Å². The summed E-state index contributed by atoms with van der Waals surface area (Å²) in [5, 5.41) is 22.7. The number of Topliss-reactive ketones (excluding diaryl/α,β-unsaturated/α-hetero) is 1. The minimum atomic E-state index is -0.0996. The van der Waals surface area contributed by atoms with Crippen molar-refractivity contribution in [1.29, 1.82) is 0 Å². The largest absolute Gasteiger partial charge is 0.386 e. The van der Waals surface area contributed by atoms with Gasteiger partial charge < -0.3 is 26.2 Å². The number of nitrogens with one attached hydrogen (secondary N) is 4. The van der Waals surface area contributed by atoms with Crippen LogP contribution in [0.4, 0.5) is 0 Å². The monoisotopic (exact) mass is 604 g/mol. The average molecular weight is 605 g/mol. The summed E-state index contributed by atoms with van der Waals surface area (Å²) in [6.45, 7) is 12.3. The molecule has 43 heavy (non-hydrogen) atoms. The SMILES string of the molecule is C=C1C(=O)C(NCCCCCN(C)C(=O)CCC(=O)NCCCCCCCC(=O)NCCCCCN(O)C(=C)C)=C1NC. The summed E-state index contributed by atoms with van der Waals surface area (Å²) in [5.74, 6) is -0.0847. The number of carbonyl (C=O) groups excluding carboxylic acids is 4. The molecule has 1 rings (SSSR count). The average Bonchev–Trinajstić information content (AvgIpc) is 2.99. The fourth-order valence-electron chi connectivity index (χ4n) is 4.64. The van der Waals surface area contributed by atoms with Crippen LogP contribution in [0.3, 0.4) is 0 Å². The van der Waals surface area contributed by atoms with Gasteiger partial charge in [0.15, 0.2) is 0 Å². The molecule has 0 aromatic rings. The molecule has 0 aromatic heterocycles. The first kappa shape index (κ1) is 37.7. The molecule has 11 nitrogen and oxygen atoms in total. The number of amides is 3. The Balaban J connectivity index is 1.93. The molecule has 3 amide bonds.